The molecule has 0 radical (unpaired) electrons. The Morgan fingerprint density at radius 1 is 1.05 bits per heavy atom. The van der Waals surface area contributed by atoms with Gasteiger partial charge in [0.1, 0.15) is 5.82 Å². The third-order valence-electron chi connectivity index (χ3n) is 3.83. The van der Waals surface area contributed by atoms with Crippen molar-refractivity contribution in [2.75, 3.05) is 5.32 Å². The maximum Gasteiger partial charge on any atom is 0.128 e. The van der Waals surface area contributed by atoms with Crippen LogP contribution in [0.3, 0.4) is 0 Å². The number of nitrogens with one attached hydrogen (secondary N) is 1. The predicted molar refractivity (Wildman–Crippen MR) is 76.7 cm³/mol. The molecule has 2 aromatic carbocycles. The average Bonchev–Trinajstić information content (AvgIpc) is 3.26. The van der Waals surface area contributed by atoms with Gasteiger partial charge in [-0.1, -0.05) is 36.4 Å². The maximum absolute atomic E-state index is 13.6. The van der Waals surface area contributed by atoms with Gasteiger partial charge in [-0.3, -0.25) is 0 Å². The highest BCUT2D eigenvalue weighted by molar-refractivity contribution is 5.53. The molecule has 0 aliphatic heterocycles. The van der Waals surface area contributed by atoms with Crippen molar-refractivity contribution in [1.29, 1.82) is 0 Å². The summed E-state index contributed by atoms with van der Waals surface area (Å²) in [6.45, 7) is 1.83. The molecular weight excluding hydrogens is 237 g/mol. The van der Waals surface area contributed by atoms with Gasteiger partial charge in [-0.25, -0.2) is 4.39 Å². The van der Waals surface area contributed by atoms with Gasteiger partial charge in [-0.2, -0.15) is 0 Å². The number of hydrogen-bond donors (Lipinski definition) is 1. The minimum atomic E-state index is -0.146. The van der Waals surface area contributed by atoms with Gasteiger partial charge < -0.3 is 5.32 Å². The van der Waals surface area contributed by atoms with E-state index in [2.05, 4.69) is 29.6 Å². The van der Waals surface area contributed by atoms with Crippen molar-refractivity contribution >= 4 is 5.69 Å². The summed E-state index contributed by atoms with van der Waals surface area (Å²) >= 11 is 0. The van der Waals surface area contributed by atoms with Crippen molar-refractivity contribution in [3.8, 4) is 0 Å². The highest BCUT2D eigenvalue weighted by Gasteiger charge is 2.32. The summed E-state index contributed by atoms with van der Waals surface area (Å²) in [6.07, 6.45) is 2.50. The van der Waals surface area contributed by atoms with E-state index < -0.39 is 0 Å². The van der Waals surface area contributed by atoms with Gasteiger partial charge in [-0.15, -0.1) is 0 Å². The predicted octanol–water partition coefficient (Wildman–Crippen LogP) is 4.70. The van der Waals surface area contributed by atoms with Gasteiger partial charge in [0, 0.05) is 11.3 Å². The van der Waals surface area contributed by atoms with Crippen LogP contribution in [0.25, 0.3) is 0 Å². The van der Waals surface area contributed by atoms with Gasteiger partial charge in [0.25, 0.3) is 0 Å². The molecule has 0 spiro atoms. The molecular formula is C17H18FN. The molecule has 1 saturated carbocycles. The van der Waals surface area contributed by atoms with Gasteiger partial charge in [0.15, 0.2) is 0 Å². The summed E-state index contributed by atoms with van der Waals surface area (Å²) in [5.74, 6) is 0.526. The summed E-state index contributed by atoms with van der Waals surface area (Å²) in [5.41, 5.74) is 2.89. The SMILES string of the molecule is Cc1c(F)cccc1NC(c1ccccc1)C1CC1. The summed E-state index contributed by atoms with van der Waals surface area (Å²) in [6, 6.07) is 16.0. The molecule has 1 nitrogen and oxygen atoms in total. The second-order valence-electron chi connectivity index (χ2n) is 5.28. The molecule has 0 saturated heterocycles. The molecule has 1 fully saturated rings. The normalized spacial score (nSPS) is 16.1. The van der Waals surface area contributed by atoms with E-state index in [1.165, 1.54) is 24.5 Å². The summed E-state index contributed by atoms with van der Waals surface area (Å²) in [4.78, 5) is 0. The quantitative estimate of drug-likeness (QED) is 0.835. The Morgan fingerprint density at radius 2 is 1.79 bits per heavy atom. The van der Waals surface area contributed by atoms with Gasteiger partial charge in [0.05, 0.1) is 6.04 Å². The fourth-order valence-corrected chi connectivity index (χ4v) is 2.49. The van der Waals surface area contributed by atoms with E-state index >= 15 is 0 Å². The maximum atomic E-state index is 13.6. The van der Waals surface area contributed by atoms with Crippen LogP contribution in [0.1, 0.15) is 30.0 Å². The summed E-state index contributed by atoms with van der Waals surface area (Å²) < 4.78 is 13.6. The van der Waals surface area contributed by atoms with Crippen LogP contribution in [0.4, 0.5) is 10.1 Å². The first kappa shape index (κ1) is 12.2. The second kappa shape index (κ2) is 5.04. The van der Waals surface area contributed by atoms with Crippen LogP contribution in [-0.4, -0.2) is 0 Å². The Kier molecular flexibility index (Phi) is 3.24. The van der Waals surface area contributed by atoms with E-state index in [0.717, 1.165) is 5.69 Å². The van der Waals surface area contributed by atoms with Crippen LogP contribution in [0.15, 0.2) is 48.5 Å². The minimum absolute atomic E-state index is 0.146. The third kappa shape index (κ3) is 2.62. The molecule has 2 heteroatoms. The molecule has 0 heterocycles. The number of benzene rings is 2. The van der Waals surface area contributed by atoms with Crippen molar-refractivity contribution < 1.29 is 4.39 Å². The molecule has 1 aliphatic rings. The molecule has 1 unspecified atom stereocenters. The van der Waals surface area contributed by atoms with E-state index in [1.807, 2.05) is 19.1 Å². The zero-order chi connectivity index (χ0) is 13.2. The minimum Gasteiger partial charge on any atom is -0.378 e. The van der Waals surface area contributed by atoms with Crippen molar-refractivity contribution in [3.63, 3.8) is 0 Å². The topological polar surface area (TPSA) is 12.0 Å². The molecule has 1 N–H and O–H groups in total. The molecule has 2 aromatic rings. The van der Waals surface area contributed by atoms with Crippen LogP contribution < -0.4 is 5.32 Å². The summed E-state index contributed by atoms with van der Waals surface area (Å²) in [5, 5.41) is 3.53. The standard InChI is InChI=1S/C17H18FN/c1-12-15(18)8-5-9-16(12)19-17(14-10-11-14)13-6-3-2-4-7-13/h2-9,14,17,19H,10-11H2,1H3. The van der Waals surface area contributed by atoms with Crippen LogP contribution in [0.2, 0.25) is 0 Å². The lowest BCUT2D eigenvalue weighted by molar-refractivity contribution is 0.616. The van der Waals surface area contributed by atoms with Crippen LogP contribution >= 0.6 is 0 Å². The fraction of sp³-hybridized carbons (Fsp3) is 0.294. The third-order valence-corrected chi connectivity index (χ3v) is 3.83. The molecule has 19 heavy (non-hydrogen) atoms. The van der Waals surface area contributed by atoms with Crippen LogP contribution in [0, 0.1) is 18.7 Å². The summed E-state index contributed by atoms with van der Waals surface area (Å²) in [7, 11) is 0. The molecule has 98 valence electrons. The fourth-order valence-electron chi connectivity index (χ4n) is 2.49. The first-order valence-electron chi connectivity index (χ1n) is 6.82. The van der Waals surface area contributed by atoms with Crippen molar-refractivity contribution in [2.24, 2.45) is 5.92 Å². The van der Waals surface area contributed by atoms with Crippen molar-refractivity contribution in [1.82, 2.24) is 0 Å². The molecule has 3 rings (SSSR count). The van der Waals surface area contributed by atoms with Crippen LogP contribution in [-0.2, 0) is 0 Å². The number of hydrogen-bond acceptors (Lipinski definition) is 1. The lowest BCUT2D eigenvalue weighted by Crippen LogP contribution is -2.13. The van der Waals surface area contributed by atoms with Crippen molar-refractivity contribution in [3.05, 3.63) is 65.5 Å². The Labute approximate surface area is 113 Å². The lowest BCUT2D eigenvalue weighted by atomic mass is 10.0. The monoisotopic (exact) mass is 255 g/mol. The van der Waals surface area contributed by atoms with E-state index in [9.17, 15) is 4.39 Å². The van der Waals surface area contributed by atoms with E-state index in [-0.39, 0.29) is 5.82 Å². The van der Waals surface area contributed by atoms with Crippen molar-refractivity contribution in [2.45, 2.75) is 25.8 Å². The second-order valence-corrected chi connectivity index (χ2v) is 5.28. The van der Waals surface area contributed by atoms with E-state index in [0.29, 0.717) is 17.5 Å². The zero-order valence-electron chi connectivity index (χ0n) is 11.1. The molecule has 0 amide bonds. The number of anilines is 1. The van der Waals surface area contributed by atoms with E-state index in [1.54, 1.807) is 6.07 Å². The zero-order valence-corrected chi connectivity index (χ0v) is 11.1. The first-order valence-corrected chi connectivity index (χ1v) is 6.82. The molecule has 0 aromatic heterocycles. The molecule has 0 bridgehead atoms. The Bertz CT molecular complexity index is 561. The van der Waals surface area contributed by atoms with Gasteiger partial charge in [-0.05, 0) is 43.4 Å². The molecule has 1 atom stereocenters. The highest BCUT2D eigenvalue weighted by Crippen LogP contribution is 2.43. The lowest BCUT2D eigenvalue weighted by Gasteiger charge is -2.21. The van der Waals surface area contributed by atoms with Gasteiger partial charge in [0.2, 0.25) is 0 Å². The largest absolute Gasteiger partial charge is 0.378 e. The Hall–Kier alpha value is -1.83. The first-order chi connectivity index (χ1) is 9.25. The van der Waals surface area contributed by atoms with E-state index in [4.69, 9.17) is 0 Å². The van der Waals surface area contributed by atoms with Gasteiger partial charge >= 0.3 is 0 Å². The molecule has 1 aliphatic carbocycles. The number of halogens is 1. The Morgan fingerprint density at radius 3 is 2.47 bits per heavy atom. The smallest absolute Gasteiger partial charge is 0.128 e. The van der Waals surface area contributed by atoms with Crippen LogP contribution in [0.5, 0.6) is 0 Å². The highest BCUT2D eigenvalue weighted by atomic mass is 19.1. The number of rotatable bonds is 4. The Balaban J connectivity index is 1.88. The average molecular weight is 255 g/mol.